The average Bonchev–Trinajstić information content (AvgIpc) is 3.21. The van der Waals surface area contributed by atoms with Crippen LogP contribution in [-0.4, -0.2) is 31.2 Å². The van der Waals surface area contributed by atoms with Crippen LogP contribution in [0.3, 0.4) is 0 Å². The molecular weight excluding hydrogens is 556 g/mol. The molecule has 0 spiro atoms. The van der Waals surface area contributed by atoms with Gasteiger partial charge in [0, 0.05) is 41.4 Å². The zero-order valence-corrected chi connectivity index (χ0v) is 27.2. The van der Waals surface area contributed by atoms with Gasteiger partial charge in [-0.05, 0) is 62.0 Å². The van der Waals surface area contributed by atoms with Crippen LogP contribution in [0.15, 0.2) is 46.8 Å². The van der Waals surface area contributed by atoms with E-state index in [1.165, 1.54) is 16.8 Å². The summed E-state index contributed by atoms with van der Waals surface area (Å²) in [4.78, 5) is 2.56. The van der Waals surface area contributed by atoms with Crippen molar-refractivity contribution >= 4 is 23.4 Å². The van der Waals surface area contributed by atoms with E-state index in [-0.39, 0.29) is 27.7 Å². The van der Waals surface area contributed by atoms with Gasteiger partial charge in [-0.15, -0.1) is 11.6 Å². The molecule has 0 atom stereocenters. The molecule has 3 heterocycles. The number of anilines is 1. The highest BCUT2D eigenvalue weighted by atomic mass is 35.5. The Hall–Kier alpha value is -3.66. The molecule has 0 N–H and O–H groups in total. The molecule has 4 rings (SSSR count). The normalized spacial score (nSPS) is 19.5. The number of benzene rings is 1. The van der Waals surface area contributed by atoms with E-state index in [4.69, 9.17) is 21.1 Å². The number of hydrogen-bond acceptors (Lipinski definition) is 6. The molecule has 3 aliphatic rings. The van der Waals surface area contributed by atoms with Crippen molar-refractivity contribution in [3.63, 3.8) is 0 Å². The Labute approximate surface area is 262 Å². The first-order valence-electron chi connectivity index (χ1n) is 15.3. The highest BCUT2D eigenvalue weighted by molar-refractivity contribution is 6.17. The summed E-state index contributed by atoms with van der Waals surface area (Å²) in [5.74, 6) is 1.71. The van der Waals surface area contributed by atoms with Gasteiger partial charge in [-0.3, -0.25) is 0 Å². The lowest BCUT2D eigenvalue weighted by Crippen LogP contribution is -2.45. The molecule has 43 heavy (non-hydrogen) atoms. The molecule has 0 aromatic heterocycles. The Morgan fingerprint density at radius 3 is 2.26 bits per heavy atom. The number of nitrogens with zero attached hydrogens (tertiary/aromatic N) is 4. The summed E-state index contributed by atoms with van der Waals surface area (Å²) in [5.41, 5.74) is 4.90. The Balaban J connectivity index is 1.77. The summed E-state index contributed by atoms with van der Waals surface area (Å²) in [5, 5.41) is 28.6. The number of halogens is 1. The summed E-state index contributed by atoms with van der Waals surface area (Å²) in [6.07, 6.45) is 14.2. The Morgan fingerprint density at radius 2 is 1.60 bits per heavy atom. The fraction of sp³-hybridized carbons (Fsp3) is 0.528. The minimum Gasteiger partial charge on any atom is -0.493 e. The van der Waals surface area contributed by atoms with E-state index in [1.54, 1.807) is 0 Å². The predicted molar refractivity (Wildman–Crippen MR) is 173 cm³/mol. The van der Waals surface area contributed by atoms with Crippen LogP contribution in [0.25, 0.3) is 6.08 Å². The standard InChI is InChI=1S/C36H43ClN4O2/c1-34(2)15-18-41-19-16-35(3,4)30-31(41)29(34)21-25(33(30)42-20-12-8-7-11-17-37)13-9-10-14-28-27(24-40)32(26(22-38)23-39)43-36(28,5)6/h9-10,13-14,21H,7-8,11-12,15-20H2,1-6H3/b13-9+,14-10+. The van der Waals surface area contributed by atoms with Crippen molar-refractivity contribution in [1.29, 1.82) is 15.8 Å². The number of unbranched alkanes of at least 4 members (excludes halogenated alkanes) is 3. The maximum absolute atomic E-state index is 9.88. The van der Waals surface area contributed by atoms with E-state index in [0.29, 0.717) is 18.1 Å². The molecule has 7 heteroatoms. The first-order valence-corrected chi connectivity index (χ1v) is 15.8. The van der Waals surface area contributed by atoms with Gasteiger partial charge in [0.1, 0.15) is 35.1 Å². The van der Waals surface area contributed by atoms with E-state index < -0.39 is 5.60 Å². The van der Waals surface area contributed by atoms with Gasteiger partial charge < -0.3 is 14.4 Å². The lowest BCUT2D eigenvalue weighted by atomic mass is 9.68. The van der Waals surface area contributed by atoms with Gasteiger partial charge in [0.05, 0.1) is 6.61 Å². The lowest BCUT2D eigenvalue weighted by molar-refractivity contribution is 0.0954. The molecule has 226 valence electrons. The highest BCUT2D eigenvalue weighted by Crippen LogP contribution is 2.54. The quantitative estimate of drug-likeness (QED) is 0.116. The summed E-state index contributed by atoms with van der Waals surface area (Å²) in [6, 6.07) is 8.15. The van der Waals surface area contributed by atoms with Gasteiger partial charge in [-0.25, -0.2) is 0 Å². The van der Waals surface area contributed by atoms with Gasteiger partial charge in [0.15, 0.2) is 11.3 Å². The van der Waals surface area contributed by atoms with Crippen LogP contribution in [0.4, 0.5) is 5.69 Å². The van der Waals surface area contributed by atoms with E-state index >= 15 is 0 Å². The third-order valence-electron chi connectivity index (χ3n) is 9.01. The van der Waals surface area contributed by atoms with Crippen molar-refractivity contribution in [3.05, 3.63) is 63.5 Å². The van der Waals surface area contributed by atoms with E-state index in [1.807, 2.05) is 44.2 Å². The van der Waals surface area contributed by atoms with Crippen LogP contribution in [0, 0.1) is 34.0 Å². The average molecular weight is 599 g/mol. The van der Waals surface area contributed by atoms with Crippen LogP contribution < -0.4 is 9.64 Å². The van der Waals surface area contributed by atoms with E-state index in [0.717, 1.165) is 62.9 Å². The van der Waals surface area contributed by atoms with Gasteiger partial charge >= 0.3 is 0 Å². The highest BCUT2D eigenvalue weighted by Gasteiger charge is 2.43. The summed E-state index contributed by atoms with van der Waals surface area (Å²) in [6.45, 7) is 15.8. The monoisotopic (exact) mass is 598 g/mol. The fourth-order valence-corrected chi connectivity index (χ4v) is 6.56. The Kier molecular flexibility index (Phi) is 9.69. The van der Waals surface area contributed by atoms with E-state index in [9.17, 15) is 15.8 Å². The molecule has 1 aromatic rings. The largest absolute Gasteiger partial charge is 0.493 e. The summed E-state index contributed by atoms with van der Waals surface area (Å²) in [7, 11) is 0. The first kappa shape index (κ1) is 32.3. The van der Waals surface area contributed by atoms with Crippen molar-refractivity contribution in [2.75, 3.05) is 30.5 Å². The SMILES string of the molecule is CC1(C)OC(=C(C#N)C#N)C(C#N)=C1/C=C/C=C/c1cc2c3c(c1OCCCCCCCl)C(C)(C)CCN3CCC2(C)C. The Bertz CT molecular complexity index is 1490. The van der Waals surface area contributed by atoms with E-state index in [2.05, 4.69) is 50.8 Å². The molecule has 0 aliphatic carbocycles. The summed E-state index contributed by atoms with van der Waals surface area (Å²) >= 11 is 5.88. The van der Waals surface area contributed by atoms with Gasteiger partial charge in [0.25, 0.3) is 0 Å². The molecule has 0 saturated carbocycles. The predicted octanol–water partition coefficient (Wildman–Crippen LogP) is 8.53. The molecule has 1 aromatic carbocycles. The van der Waals surface area contributed by atoms with Gasteiger partial charge in [-0.2, -0.15) is 15.8 Å². The zero-order valence-electron chi connectivity index (χ0n) is 26.4. The third-order valence-corrected chi connectivity index (χ3v) is 9.27. The second-order valence-corrected chi connectivity index (χ2v) is 13.8. The molecule has 0 radical (unpaired) electrons. The Morgan fingerprint density at radius 1 is 0.953 bits per heavy atom. The number of rotatable bonds is 10. The van der Waals surface area contributed by atoms with Crippen molar-refractivity contribution in [3.8, 4) is 24.0 Å². The van der Waals surface area contributed by atoms with Crippen molar-refractivity contribution < 1.29 is 9.47 Å². The number of alkyl halides is 1. The minimum absolute atomic E-state index is 0.0265. The molecular formula is C36H43ClN4O2. The molecule has 6 nitrogen and oxygen atoms in total. The number of ether oxygens (including phenoxy) is 2. The lowest BCUT2D eigenvalue weighted by Gasteiger charge is -2.49. The van der Waals surface area contributed by atoms with Gasteiger partial charge in [0.2, 0.25) is 0 Å². The number of hydrogen-bond donors (Lipinski definition) is 0. The van der Waals surface area contributed by atoms with Crippen LogP contribution in [-0.2, 0) is 15.6 Å². The third kappa shape index (κ3) is 6.49. The fourth-order valence-electron chi connectivity index (χ4n) is 6.37. The topological polar surface area (TPSA) is 93.1 Å². The minimum atomic E-state index is -0.852. The maximum atomic E-state index is 9.88. The number of nitriles is 3. The number of allylic oxidation sites excluding steroid dienone is 4. The van der Waals surface area contributed by atoms with Gasteiger partial charge in [-0.1, -0.05) is 64.8 Å². The molecule has 3 aliphatic heterocycles. The molecule has 0 fully saturated rings. The smallest absolute Gasteiger partial charge is 0.172 e. The zero-order chi connectivity index (χ0) is 31.4. The molecule has 0 saturated heterocycles. The first-order chi connectivity index (χ1) is 20.4. The second-order valence-electron chi connectivity index (χ2n) is 13.4. The van der Waals surface area contributed by atoms with Crippen LogP contribution in [0.5, 0.6) is 5.75 Å². The molecule has 0 amide bonds. The van der Waals surface area contributed by atoms with Crippen LogP contribution >= 0.6 is 11.6 Å². The van der Waals surface area contributed by atoms with Crippen LogP contribution in [0.1, 0.15) is 96.8 Å². The summed E-state index contributed by atoms with van der Waals surface area (Å²) < 4.78 is 12.6. The molecule has 0 bridgehead atoms. The maximum Gasteiger partial charge on any atom is 0.172 e. The molecule has 0 unspecified atom stereocenters. The van der Waals surface area contributed by atoms with Crippen molar-refractivity contribution in [1.82, 2.24) is 0 Å². The van der Waals surface area contributed by atoms with Crippen molar-refractivity contribution in [2.24, 2.45) is 0 Å². The van der Waals surface area contributed by atoms with Crippen LogP contribution in [0.2, 0.25) is 0 Å². The van der Waals surface area contributed by atoms with Crippen molar-refractivity contribution in [2.45, 2.75) is 96.5 Å². The second kappa shape index (κ2) is 12.9.